The summed E-state index contributed by atoms with van der Waals surface area (Å²) in [5.41, 5.74) is 0.191. The van der Waals surface area contributed by atoms with Gasteiger partial charge in [0.15, 0.2) is 0 Å². The highest BCUT2D eigenvalue weighted by atomic mass is 16.4. The standard InChI is InChI=1S/C13H14N4O4/c18-11-6-16(12(19)10-2-1-3-17(10)11)5-9-8(13(20)21)4-14-7-15-9/h4,7,10H,1-3,5-6H2,(H,20,21). The number of nitrogens with zero attached hydrogens (tertiary/aromatic N) is 4. The minimum atomic E-state index is -1.15. The van der Waals surface area contributed by atoms with E-state index in [4.69, 9.17) is 5.11 Å². The molecule has 1 N–H and O–H groups in total. The van der Waals surface area contributed by atoms with Crippen LogP contribution in [0.25, 0.3) is 0 Å². The lowest BCUT2D eigenvalue weighted by molar-refractivity contribution is -0.154. The van der Waals surface area contributed by atoms with Crippen molar-refractivity contribution in [2.75, 3.05) is 13.1 Å². The molecule has 3 heterocycles. The van der Waals surface area contributed by atoms with Gasteiger partial charge in [0.05, 0.1) is 12.2 Å². The summed E-state index contributed by atoms with van der Waals surface area (Å²) < 4.78 is 0. The summed E-state index contributed by atoms with van der Waals surface area (Å²) in [5, 5.41) is 9.10. The number of amides is 2. The van der Waals surface area contributed by atoms with Crippen molar-refractivity contribution in [3.8, 4) is 0 Å². The Morgan fingerprint density at radius 1 is 1.43 bits per heavy atom. The van der Waals surface area contributed by atoms with Crippen molar-refractivity contribution in [1.82, 2.24) is 19.8 Å². The van der Waals surface area contributed by atoms with E-state index in [1.807, 2.05) is 0 Å². The average Bonchev–Trinajstić information content (AvgIpc) is 2.95. The maximum absolute atomic E-state index is 12.4. The van der Waals surface area contributed by atoms with Crippen molar-refractivity contribution in [2.24, 2.45) is 0 Å². The topological polar surface area (TPSA) is 104 Å². The second kappa shape index (κ2) is 5.12. The highest BCUT2D eigenvalue weighted by molar-refractivity contribution is 5.95. The van der Waals surface area contributed by atoms with Crippen LogP contribution in [0.15, 0.2) is 12.5 Å². The molecule has 1 unspecified atom stereocenters. The van der Waals surface area contributed by atoms with Crippen molar-refractivity contribution >= 4 is 17.8 Å². The van der Waals surface area contributed by atoms with Crippen LogP contribution in [0, 0.1) is 0 Å². The summed E-state index contributed by atoms with van der Waals surface area (Å²) in [6.45, 7) is 0.606. The zero-order valence-corrected chi connectivity index (χ0v) is 11.2. The predicted molar refractivity (Wildman–Crippen MR) is 69.1 cm³/mol. The molecule has 0 saturated carbocycles. The van der Waals surface area contributed by atoms with Gasteiger partial charge in [-0.25, -0.2) is 14.8 Å². The fourth-order valence-electron chi connectivity index (χ4n) is 2.84. The molecule has 1 aromatic rings. The molecule has 2 aliphatic heterocycles. The minimum Gasteiger partial charge on any atom is -0.478 e. The van der Waals surface area contributed by atoms with E-state index in [2.05, 4.69) is 9.97 Å². The summed E-state index contributed by atoms with van der Waals surface area (Å²) in [6.07, 6.45) is 3.92. The molecule has 0 aromatic carbocycles. The lowest BCUT2D eigenvalue weighted by Gasteiger charge is -2.36. The highest BCUT2D eigenvalue weighted by Crippen LogP contribution is 2.24. The van der Waals surface area contributed by atoms with Crippen LogP contribution in [0.5, 0.6) is 0 Å². The Morgan fingerprint density at radius 3 is 3.00 bits per heavy atom. The van der Waals surface area contributed by atoms with Gasteiger partial charge >= 0.3 is 5.97 Å². The second-order valence-corrected chi connectivity index (χ2v) is 5.13. The lowest BCUT2D eigenvalue weighted by atomic mass is 10.1. The van der Waals surface area contributed by atoms with Gasteiger partial charge in [0.2, 0.25) is 11.8 Å². The minimum absolute atomic E-state index is 0.0130. The first-order valence-corrected chi connectivity index (χ1v) is 6.68. The Morgan fingerprint density at radius 2 is 2.24 bits per heavy atom. The average molecular weight is 290 g/mol. The zero-order chi connectivity index (χ0) is 15.0. The molecule has 1 aromatic heterocycles. The van der Waals surface area contributed by atoms with E-state index in [1.54, 1.807) is 4.90 Å². The Balaban J connectivity index is 1.83. The Hall–Kier alpha value is -2.51. The van der Waals surface area contributed by atoms with Gasteiger partial charge in [-0.1, -0.05) is 0 Å². The molecule has 2 saturated heterocycles. The molecule has 0 bridgehead atoms. The van der Waals surface area contributed by atoms with E-state index >= 15 is 0 Å². The molecule has 0 aliphatic carbocycles. The fourth-order valence-corrected chi connectivity index (χ4v) is 2.84. The van der Waals surface area contributed by atoms with Gasteiger partial charge in [0.25, 0.3) is 0 Å². The third-order valence-corrected chi connectivity index (χ3v) is 3.86. The van der Waals surface area contributed by atoms with Gasteiger partial charge in [-0.15, -0.1) is 0 Å². The van der Waals surface area contributed by atoms with E-state index < -0.39 is 12.0 Å². The predicted octanol–water partition coefficient (Wildman–Crippen LogP) is -0.492. The van der Waals surface area contributed by atoms with Gasteiger partial charge in [0.1, 0.15) is 24.5 Å². The number of piperazine rings is 1. The number of carbonyl (C=O) groups excluding carboxylic acids is 2. The van der Waals surface area contributed by atoms with Crippen LogP contribution in [0.3, 0.4) is 0 Å². The van der Waals surface area contributed by atoms with E-state index in [0.717, 1.165) is 6.42 Å². The number of aromatic carboxylic acids is 1. The first-order valence-electron chi connectivity index (χ1n) is 6.68. The largest absolute Gasteiger partial charge is 0.478 e. The van der Waals surface area contributed by atoms with Crippen molar-refractivity contribution in [2.45, 2.75) is 25.4 Å². The Kier molecular flexibility index (Phi) is 3.28. The number of rotatable bonds is 3. The molecule has 3 rings (SSSR count). The molecule has 110 valence electrons. The number of hydrogen-bond donors (Lipinski definition) is 1. The second-order valence-electron chi connectivity index (χ2n) is 5.13. The molecular formula is C13H14N4O4. The molecule has 8 heteroatoms. The number of aromatic nitrogens is 2. The van der Waals surface area contributed by atoms with Crippen molar-refractivity contribution < 1.29 is 19.5 Å². The van der Waals surface area contributed by atoms with Crippen LogP contribution in [-0.4, -0.2) is 61.8 Å². The summed E-state index contributed by atoms with van der Waals surface area (Å²) in [7, 11) is 0. The third-order valence-electron chi connectivity index (χ3n) is 3.86. The first kappa shape index (κ1) is 13.5. The highest BCUT2D eigenvalue weighted by Gasteiger charge is 2.42. The van der Waals surface area contributed by atoms with Crippen molar-refractivity contribution in [3.63, 3.8) is 0 Å². The van der Waals surface area contributed by atoms with Crippen LogP contribution < -0.4 is 0 Å². The summed E-state index contributed by atoms with van der Waals surface area (Å²) in [6, 6.07) is -0.402. The zero-order valence-electron chi connectivity index (χ0n) is 11.2. The van der Waals surface area contributed by atoms with E-state index in [-0.39, 0.29) is 36.2 Å². The fraction of sp³-hybridized carbons (Fsp3) is 0.462. The molecule has 0 spiro atoms. The smallest absolute Gasteiger partial charge is 0.339 e. The molecule has 2 fully saturated rings. The van der Waals surface area contributed by atoms with Gasteiger partial charge in [-0.05, 0) is 12.8 Å². The summed E-state index contributed by atoms with van der Waals surface area (Å²) in [4.78, 5) is 46.1. The molecule has 2 amide bonds. The quantitative estimate of drug-likeness (QED) is 0.805. The first-order chi connectivity index (χ1) is 10.1. The third kappa shape index (κ3) is 2.32. The van der Waals surface area contributed by atoms with Gasteiger partial charge in [0, 0.05) is 12.7 Å². The van der Waals surface area contributed by atoms with Crippen LogP contribution in [0.2, 0.25) is 0 Å². The molecule has 1 atom stereocenters. The number of carboxylic acid groups (broad SMARTS) is 1. The summed E-state index contributed by atoms with van der Waals surface area (Å²) in [5.74, 6) is -1.38. The Bertz CT molecular complexity index is 618. The number of carbonyl (C=O) groups is 3. The van der Waals surface area contributed by atoms with Gasteiger partial charge < -0.3 is 14.9 Å². The van der Waals surface area contributed by atoms with Crippen molar-refractivity contribution in [1.29, 1.82) is 0 Å². The van der Waals surface area contributed by atoms with Crippen LogP contribution >= 0.6 is 0 Å². The lowest BCUT2D eigenvalue weighted by Crippen LogP contribution is -2.57. The maximum Gasteiger partial charge on any atom is 0.339 e. The van der Waals surface area contributed by atoms with Gasteiger partial charge in [-0.3, -0.25) is 9.59 Å². The maximum atomic E-state index is 12.4. The summed E-state index contributed by atoms with van der Waals surface area (Å²) >= 11 is 0. The number of carboxylic acids is 1. The SMILES string of the molecule is O=C(O)c1cncnc1CN1CC(=O)N2CCCC2C1=O. The van der Waals surface area contributed by atoms with Crippen LogP contribution in [0.1, 0.15) is 28.9 Å². The Labute approximate surface area is 120 Å². The van der Waals surface area contributed by atoms with Gasteiger partial charge in [-0.2, -0.15) is 0 Å². The van der Waals surface area contributed by atoms with Crippen LogP contribution in [-0.2, 0) is 16.1 Å². The molecular weight excluding hydrogens is 276 g/mol. The number of hydrogen-bond acceptors (Lipinski definition) is 5. The van der Waals surface area contributed by atoms with E-state index in [1.165, 1.54) is 17.4 Å². The van der Waals surface area contributed by atoms with E-state index in [9.17, 15) is 14.4 Å². The monoisotopic (exact) mass is 290 g/mol. The van der Waals surface area contributed by atoms with E-state index in [0.29, 0.717) is 13.0 Å². The van der Waals surface area contributed by atoms with Crippen LogP contribution in [0.4, 0.5) is 0 Å². The molecule has 8 nitrogen and oxygen atoms in total. The normalized spacial score (nSPS) is 21.6. The molecule has 2 aliphatic rings. The molecule has 21 heavy (non-hydrogen) atoms. The molecule has 0 radical (unpaired) electrons. The number of fused-ring (bicyclic) bond motifs is 1. The van der Waals surface area contributed by atoms with Crippen molar-refractivity contribution in [3.05, 3.63) is 23.8 Å².